The van der Waals surface area contributed by atoms with Gasteiger partial charge in [-0.25, -0.2) is 44.9 Å². The molecule has 9 rings (SSSR count). The number of ether oxygens (including phenoxy) is 4. The quantitative estimate of drug-likeness (QED) is 0.0521. The SMILES string of the molecule is C.CO[C@H]1[C@@H](OP(O)(=S)OC[C@H]2O[C@@H](n3cnc4c(N)ncnc43)[C@H](O)[C@@H]2O)[C@H](n2cnc3c(N)ncnc32)O[C@@H]1COP(O)(=S)O[C@@H]1C[C@@H](CCP(=O)(O)O)O[C@H]1n1cnc2c(N)ncnc21. The predicted molar refractivity (Wildman–Crippen MR) is 241 cm³/mol. The molecule has 0 spiro atoms. The molecule has 2 unspecified atom stereocenters. The molecule has 0 aromatic carbocycles. The van der Waals surface area contributed by atoms with Gasteiger partial charge in [-0.2, -0.15) is 0 Å². The van der Waals surface area contributed by atoms with Crippen LogP contribution in [0.3, 0.4) is 0 Å². The summed E-state index contributed by atoms with van der Waals surface area (Å²) < 4.78 is 64.1. The number of methoxy groups -OCH3 is 1. The van der Waals surface area contributed by atoms with E-state index in [2.05, 4.69) is 44.9 Å². The Hall–Kier alpha value is -3.98. The van der Waals surface area contributed by atoms with Crippen molar-refractivity contribution in [2.24, 2.45) is 0 Å². The maximum atomic E-state index is 11.7. The summed E-state index contributed by atoms with van der Waals surface area (Å²) in [6.07, 6.45) is -6.26. The lowest BCUT2D eigenvalue weighted by Crippen LogP contribution is -2.37. The molecule has 370 valence electrons. The summed E-state index contributed by atoms with van der Waals surface area (Å²) in [6.45, 7) is -9.71. The van der Waals surface area contributed by atoms with Crippen LogP contribution in [0.25, 0.3) is 33.5 Å². The molecule has 0 amide bonds. The highest BCUT2D eigenvalue weighted by molar-refractivity contribution is 8.07. The standard InChI is InChI=1S/C32H42N15O15P3S2.CH4/c1-55-22-16(6-57-64(53,66)61-14-4-13(2-3-63(50,51)52)58-30(14)45-10-42-17-24(33)36-7-39-27(17)45)60-32(47-12-44-19-26(35)38-9-41-29(19)47)23(22)62-65(54,67)56-5-15-20(48)21(49)31(59-15)46-11-43-18-25(34)37-8-40-28(18)46;/h7-16,20-23,30-32,48-49H,2-6H2,1H3,(H,53,66)(H,54,67)(H2,33,36,39)(H2,34,37,40)(H2,35,38,41)(H2,50,51,52);1H4/t13-,14-,15-,16-,20-,21-,22-,23-,30-,31-,32-,64?,65?;/m1./s1. The summed E-state index contributed by atoms with van der Waals surface area (Å²) >= 11 is 10.9. The normalized spacial score (nSPS) is 29.4. The van der Waals surface area contributed by atoms with Crippen molar-refractivity contribution in [1.82, 2.24) is 58.6 Å². The molecule has 3 aliphatic heterocycles. The first-order chi connectivity index (χ1) is 31.8. The van der Waals surface area contributed by atoms with Crippen molar-refractivity contribution in [3.63, 3.8) is 0 Å². The number of hydrogen-bond acceptors (Lipinski definition) is 25. The molecule has 6 aromatic heterocycles. The molecule has 6 aromatic rings. The summed E-state index contributed by atoms with van der Waals surface area (Å²) in [5.74, 6) is 0.216. The number of rotatable bonds is 17. The third kappa shape index (κ3) is 10.1. The Kier molecular flexibility index (Phi) is 14.6. The summed E-state index contributed by atoms with van der Waals surface area (Å²) in [5, 5.41) is 21.9. The first-order valence-corrected chi connectivity index (χ1v) is 26.8. The van der Waals surface area contributed by atoms with E-state index in [-0.39, 0.29) is 71.2 Å². The molecule has 13 atom stereocenters. The van der Waals surface area contributed by atoms with Crippen LogP contribution in [-0.4, -0.2) is 164 Å². The zero-order valence-electron chi connectivity index (χ0n) is 34.5. The highest BCUT2D eigenvalue weighted by Gasteiger charge is 2.52. The van der Waals surface area contributed by atoms with Gasteiger partial charge >= 0.3 is 21.0 Å². The number of aliphatic hydroxyl groups is 2. The van der Waals surface area contributed by atoms with Gasteiger partial charge in [-0.3, -0.25) is 22.8 Å². The van der Waals surface area contributed by atoms with E-state index in [0.717, 1.165) is 0 Å². The molecule has 3 aliphatic rings. The second kappa shape index (κ2) is 19.7. The first kappa shape index (κ1) is 50.4. The maximum Gasteiger partial charge on any atom is 0.325 e. The molecule has 30 nitrogen and oxygen atoms in total. The van der Waals surface area contributed by atoms with Crippen LogP contribution < -0.4 is 17.2 Å². The lowest BCUT2D eigenvalue weighted by atomic mass is 10.1. The average molecular weight is 1050 g/mol. The minimum Gasteiger partial charge on any atom is -0.387 e. The molecule has 0 saturated carbocycles. The largest absolute Gasteiger partial charge is 0.387 e. The van der Waals surface area contributed by atoms with Crippen molar-refractivity contribution in [3.8, 4) is 0 Å². The van der Waals surface area contributed by atoms with E-state index in [1.54, 1.807) is 0 Å². The number of anilines is 3. The van der Waals surface area contributed by atoms with Crippen LogP contribution in [0.15, 0.2) is 38.0 Å². The first-order valence-electron chi connectivity index (χ1n) is 19.8. The summed E-state index contributed by atoms with van der Waals surface area (Å²) in [4.78, 5) is 79.5. The second-order valence-corrected chi connectivity index (χ2v) is 22.7. The van der Waals surface area contributed by atoms with Crippen molar-refractivity contribution < 1.29 is 71.4 Å². The van der Waals surface area contributed by atoms with E-state index < -0.39 is 108 Å². The van der Waals surface area contributed by atoms with E-state index in [1.807, 2.05) is 0 Å². The summed E-state index contributed by atoms with van der Waals surface area (Å²) in [5.41, 5.74) is 19.3. The van der Waals surface area contributed by atoms with Crippen LogP contribution >= 0.6 is 21.0 Å². The van der Waals surface area contributed by atoms with Crippen LogP contribution in [0.5, 0.6) is 0 Å². The molecular weight excluding hydrogens is 1000 g/mol. The average Bonchev–Trinajstić information content (AvgIpc) is 4.13. The highest BCUT2D eigenvalue weighted by atomic mass is 32.5. The minimum absolute atomic E-state index is 0. The molecule has 9 heterocycles. The number of nitrogen functional groups attached to an aromatic ring is 3. The van der Waals surface area contributed by atoms with Crippen LogP contribution in [0.2, 0.25) is 0 Å². The zero-order chi connectivity index (χ0) is 47.6. The monoisotopic (exact) mass is 1050 g/mol. The smallest absolute Gasteiger partial charge is 0.325 e. The topological polar surface area (TPSA) is 421 Å². The van der Waals surface area contributed by atoms with Gasteiger partial charge in [0, 0.05) is 13.5 Å². The molecular formula is C33H46N15O15P3S2. The highest BCUT2D eigenvalue weighted by Crippen LogP contribution is 2.54. The number of nitrogens with zero attached hydrogens (tertiary/aromatic N) is 12. The number of aromatic nitrogens is 12. The van der Waals surface area contributed by atoms with Crippen molar-refractivity contribution >= 4 is 95.6 Å². The lowest BCUT2D eigenvalue weighted by molar-refractivity contribution is -0.0583. The van der Waals surface area contributed by atoms with E-state index in [9.17, 15) is 34.4 Å². The molecule has 3 saturated heterocycles. The fraction of sp³-hybridized carbons (Fsp3) is 0.545. The summed E-state index contributed by atoms with van der Waals surface area (Å²) in [7, 11) is -3.10. The van der Waals surface area contributed by atoms with Crippen molar-refractivity contribution in [2.75, 3.05) is 43.7 Å². The van der Waals surface area contributed by atoms with Gasteiger partial charge in [0.2, 0.25) is 0 Å². The Bertz CT molecular complexity index is 2930. The molecule has 3 fully saturated rings. The van der Waals surface area contributed by atoms with E-state index in [1.165, 1.54) is 58.8 Å². The number of fused-ring (bicyclic) bond motifs is 3. The van der Waals surface area contributed by atoms with Gasteiger partial charge in [-0.05, 0) is 30.0 Å². The van der Waals surface area contributed by atoms with Gasteiger partial charge in [0.15, 0.2) is 53.1 Å². The van der Waals surface area contributed by atoms with Crippen LogP contribution in [0, 0.1) is 0 Å². The van der Waals surface area contributed by atoms with Gasteiger partial charge in [0.1, 0.15) is 78.3 Å². The van der Waals surface area contributed by atoms with Crippen molar-refractivity contribution in [2.45, 2.75) is 87.8 Å². The maximum absolute atomic E-state index is 11.7. The predicted octanol–water partition coefficient (Wildman–Crippen LogP) is -0.487. The van der Waals surface area contributed by atoms with E-state index in [0.29, 0.717) is 0 Å². The lowest BCUT2D eigenvalue weighted by Gasteiger charge is -2.28. The van der Waals surface area contributed by atoms with Gasteiger partial charge in [0.25, 0.3) is 0 Å². The van der Waals surface area contributed by atoms with Crippen molar-refractivity contribution in [3.05, 3.63) is 38.0 Å². The van der Waals surface area contributed by atoms with E-state index in [4.69, 9.17) is 77.9 Å². The number of aliphatic hydroxyl groups excluding tert-OH is 2. The number of imidazole rings is 3. The minimum atomic E-state index is -4.41. The number of nitrogens with two attached hydrogens (primary N) is 3. The molecule has 0 bridgehead atoms. The Morgan fingerprint density at radius 1 is 0.662 bits per heavy atom. The molecule has 68 heavy (non-hydrogen) atoms. The Morgan fingerprint density at radius 2 is 1.13 bits per heavy atom. The summed E-state index contributed by atoms with van der Waals surface area (Å²) in [6, 6.07) is 0. The third-order valence-electron chi connectivity index (χ3n) is 11.1. The van der Waals surface area contributed by atoms with E-state index >= 15 is 0 Å². The molecule has 0 aliphatic carbocycles. The Labute approximate surface area is 393 Å². The fourth-order valence-corrected chi connectivity index (χ4v) is 11.5. The Morgan fingerprint density at radius 3 is 1.65 bits per heavy atom. The van der Waals surface area contributed by atoms with Crippen LogP contribution in [0.4, 0.5) is 17.5 Å². The van der Waals surface area contributed by atoms with Crippen LogP contribution in [-0.2, 0) is 65.2 Å². The van der Waals surface area contributed by atoms with Gasteiger partial charge in [-0.15, -0.1) is 0 Å². The molecule has 35 heteroatoms. The third-order valence-corrected chi connectivity index (χ3v) is 15.1. The zero-order valence-corrected chi connectivity index (χ0v) is 38.8. The fourth-order valence-electron chi connectivity index (χ4n) is 8.00. The molecule has 0 radical (unpaired) electrons. The van der Waals surface area contributed by atoms with Crippen LogP contribution in [0.1, 0.15) is 39.0 Å². The number of hydrogen-bond donors (Lipinski definition) is 9. The second-order valence-electron chi connectivity index (χ2n) is 15.4. The molecule has 12 N–H and O–H groups in total. The van der Waals surface area contributed by atoms with Crippen molar-refractivity contribution in [1.29, 1.82) is 0 Å². The van der Waals surface area contributed by atoms with Gasteiger partial charge in [-0.1, -0.05) is 7.43 Å². The van der Waals surface area contributed by atoms with Gasteiger partial charge in [0.05, 0.1) is 44.5 Å². The Balaban J connectivity index is 0.00000625. The van der Waals surface area contributed by atoms with Gasteiger partial charge < -0.3 is 79.5 Å².